The number of rotatable bonds is 3. The molecule has 1 N–H and O–H groups in total. The van der Waals surface area contributed by atoms with Gasteiger partial charge in [0.25, 0.3) is 0 Å². The predicted molar refractivity (Wildman–Crippen MR) is 77.8 cm³/mol. The second-order valence-corrected chi connectivity index (χ2v) is 4.87. The van der Waals surface area contributed by atoms with Crippen LogP contribution in [0, 0.1) is 0 Å². The Kier molecular flexibility index (Phi) is 3.62. The number of carbonyl (C=O) groups is 1. The van der Waals surface area contributed by atoms with Crippen molar-refractivity contribution in [2.45, 2.75) is 6.42 Å². The van der Waals surface area contributed by atoms with Crippen molar-refractivity contribution in [3.05, 3.63) is 23.9 Å². The maximum absolute atomic E-state index is 11.1. The second-order valence-electron chi connectivity index (χ2n) is 4.87. The van der Waals surface area contributed by atoms with E-state index in [4.69, 9.17) is 19.3 Å². The van der Waals surface area contributed by atoms with Crippen LogP contribution in [0.4, 0.5) is 0 Å². The van der Waals surface area contributed by atoms with Crippen LogP contribution in [0.1, 0.15) is 16.9 Å². The van der Waals surface area contributed by atoms with E-state index in [0.29, 0.717) is 41.7 Å². The van der Waals surface area contributed by atoms with Crippen molar-refractivity contribution in [2.24, 2.45) is 7.05 Å². The van der Waals surface area contributed by atoms with Crippen LogP contribution < -0.4 is 14.2 Å². The normalized spacial score (nSPS) is 13.5. The topological polar surface area (TPSA) is 82.8 Å². The lowest BCUT2D eigenvalue weighted by Gasteiger charge is -2.15. The Morgan fingerprint density at radius 3 is 2.82 bits per heavy atom. The predicted octanol–water partition coefficient (Wildman–Crippen LogP) is 1.96. The largest absolute Gasteiger partial charge is 0.492 e. The van der Waals surface area contributed by atoms with Gasteiger partial charge in [-0.1, -0.05) is 0 Å². The van der Waals surface area contributed by atoms with Gasteiger partial charge in [-0.3, -0.25) is 4.68 Å². The third-order valence-electron chi connectivity index (χ3n) is 3.45. The van der Waals surface area contributed by atoms with Crippen molar-refractivity contribution >= 4 is 5.97 Å². The van der Waals surface area contributed by atoms with Crippen LogP contribution in [0.15, 0.2) is 18.2 Å². The minimum Gasteiger partial charge on any atom is -0.492 e. The van der Waals surface area contributed by atoms with Gasteiger partial charge in [0.2, 0.25) is 5.75 Å². The quantitative estimate of drug-likeness (QED) is 0.933. The van der Waals surface area contributed by atoms with Crippen molar-refractivity contribution < 1.29 is 24.1 Å². The molecule has 22 heavy (non-hydrogen) atoms. The lowest BCUT2D eigenvalue weighted by Crippen LogP contribution is -2.01. The summed E-state index contributed by atoms with van der Waals surface area (Å²) < 4.78 is 18.4. The molecule has 0 fully saturated rings. The molecule has 0 radical (unpaired) electrons. The zero-order valence-corrected chi connectivity index (χ0v) is 12.3. The molecule has 2 aromatic rings. The fourth-order valence-corrected chi connectivity index (χ4v) is 2.44. The van der Waals surface area contributed by atoms with E-state index in [1.807, 2.05) is 6.07 Å². The number of carboxylic acids is 1. The first-order valence-electron chi connectivity index (χ1n) is 6.86. The lowest BCUT2D eigenvalue weighted by molar-refractivity contribution is 0.0689. The molecule has 2 heterocycles. The van der Waals surface area contributed by atoms with Gasteiger partial charge in [-0.2, -0.15) is 5.10 Å². The molecule has 7 heteroatoms. The fourth-order valence-electron chi connectivity index (χ4n) is 2.44. The fraction of sp³-hybridized carbons (Fsp3) is 0.333. The number of aryl methyl sites for hydroxylation is 1. The molecule has 7 nitrogen and oxygen atoms in total. The molecule has 0 atom stereocenters. The molecule has 116 valence electrons. The minimum absolute atomic E-state index is 0.0216. The Balaban J connectivity index is 2.15. The Morgan fingerprint density at radius 1 is 1.36 bits per heavy atom. The summed E-state index contributed by atoms with van der Waals surface area (Å²) in [5.74, 6) is 0.601. The smallest absolute Gasteiger partial charge is 0.356 e. The summed E-state index contributed by atoms with van der Waals surface area (Å²) in [7, 11) is 3.23. The molecule has 0 saturated carbocycles. The molecule has 0 amide bonds. The Hall–Kier alpha value is -2.70. The Bertz CT molecular complexity index is 723. The first kappa shape index (κ1) is 14.2. The molecule has 0 saturated heterocycles. The minimum atomic E-state index is -1.07. The van der Waals surface area contributed by atoms with Crippen LogP contribution in [-0.2, 0) is 7.05 Å². The maximum atomic E-state index is 11.1. The van der Waals surface area contributed by atoms with Crippen LogP contribution in [0.25, 0.3) is 11.3 Å². The molecule has 1 aromatic heterocycles. The van der Waals surface area contributed by atoms with E-state index in [1.165, 1.54) is 10.7 Å². The molecule has 3 rings (SSSR count). The number of aromatic nitrogens is 2. The number of ether oxygens (including phenoxy) is 3. The summed E-state index contributed by atoms with van der Waals surface area (Å²) in [5.41, 5.74) is 1.31. The van der Waals surface area contributed by atoms with E-state index in [-0.39, 0.29) is 5.69 Å². The van der Waals surface area contributed by atoms with E-state index in [2.05, 4.69) is 5.10 Å². The van der Waals surface area contributed by atoms with Crippen LogP contribution in [0.5, 0.6) is 17.2 Å². The average molecular weight is 304 g/mol. The van der Waals surface area contributed by atoms with Crippen molar-refractivity contribution in [3.8, 4) is 28.5 Å². The number of benzene rings is 1. The molecular formula is C15H16N2O5. The summed E-state index contributed by atoms with van der Waals surface area (Å²) in [6.45, 7) is 1.13. The van der Waals surface area contributed by atoms with E-state index < -0.39 is 5.97 Å². The zero-order chi connectivity index (χ0) is 15.7. The number of fused-ring (bicyclic) bond motifs is 1. The van der Waals surface area contributed by atoms with Crippen LogP contribution in [0.3, 0.4) is 0 Å². The summed E-state index contributed by atoms with van der Waals surface area (Å²) in [6.07, 6.45) is 0.794. The first-order chi connectivity index (χ1) is 10.6. The van der Waals surface area contributed by atoms with Crippen LogP contribution in [0.2, 0.25) is 0 Å². The third-order valence-corrected chi connectivity index (χ3v) is 3.45. The molecule has 1 aromatic carbocycles. The van der Waals surface area contributed by atoms with Gasteiger partial charge in [-0.15, -0.1) is 0 Å². The highest BCUT2D eigenvalue weighted by atomic mass is 16.5. The number of methoxy groups -OCH3 is 1. The Labute approximate surface area is 127 Å². The van der Waals surface area contributed by atoms with Gasteiger partial charge in [-0.05, 0) is 18.2 Å². The van der Waals surface area contributed by atoms with Crippen molar-refractivity contribution in [2.75, 3.05) is 20.3 Å². The third kappa shape index (κ3) is 2.34. The van der Waals surface area contributed by atoms with Crippen LogP contribution in [-0.4, -0.2) is 41.2 Å². The summed E-state index contributed by atoms with van der Waals surface area (Å²) in [4.78, 5) is 11.1. The number of hydrogen-bond donors (Lipinski definition) is 1. The molecule has 0 spiro atoms. The standard InChI is InChI=1S/C15H16N2O5/c1-17-11(8-10(16-17)15(18)19)9-4-5-12-14(13(9)20-2)22-7-3-6-21-12/h4-5,8H,3,6-7H2,1-2H3,(H,18,19). The van der Waals surface area contributed by atoms with E-state index in [1.54, 1.807) is 20.2 Å². The van der Waals surface area contributed by atoms with E-state index in [9.17, 15) is 4.79 Å². The van der Waals surface area contributed by atoms with Crippen molar-refractivity contribution in [3.63, 3.8) is 0 Å². The second kappa shape index (κ2) is 5.59. The van der Waals surface area contributed by atoms with Gasteiger partial charge in [0, 0.05) is 19.0 Å². The molecule has 0 bridgehead atoms. The number of carboxylic acid groups (broad SMARTS) is 1. The summed E-state index contributed by atoms with van der Waals surface area (Å²) in [6, 6.07) is 5.12. The molecule has 0 aliphatic carbocycles. The maximum Gasteiger partial charge on any atom is 0.356 e. The van der Waals surface area contributed by atoms with Gasteiger partial charge < -0.3 is 19.3 Å². The average Bonchev–Trinajstić information content (AvgIpc) is 2.74. The lowest BCUT2D eigenvalue weighted by atomic mass is 10.1. The van der Waals surface area contributed by atoms with Gasteiger partial charge >= 0.3 is 5.97 Å². The van der Waals surface area contributed by atoms with E-state index in [0.717, 1.165) is 6.42 Å². The monoisotopic (exact) mass is 304 g/mol. The number of hydrogen-bond acceptors (Lipinski definition) is 5. The van der Waals surface area contributed by atoms with Crippen LogP contribution >= 0.6 is 0 Å². The highest BCUT2D eigenvalue weighted by Gasteiger charge is 2.23. The number of aromatic carboxylic acids is 1. The zero-order valence-electron chi connectivity index (χ0n) is 12.3. The highest BCUT2D eigenvalue weighted by Crippen LogP contribution is 2.45. The van der Waals surface area contributed by atoms with Crippen molar-refractivity contribution in [1.29, 1.82) is 0 Å². The summed E-state index contributed by atoms with van der Waals surface area (Å²) >= 11 is 0. The number of nitrogens with zero attached hydrogens (tertiary/aromatic N) is 2. The highest BCUT2D eigenvalue weighted by molar-refractivity contribution is 5.87. The molecule has 1 aliphatic heterocycles. The Morgan fingerprint density at radius 2 is 2.14 bits per heavy atom. The first-order valence-corrected chi connectivity index (χ1v) is 6.86. The molecule has 0 unspecified atom stereocenters. The van der Waals surface area contributed by atoms with Gasteiger partial charge in [0.05, 0.1) is 26.0 Å². The molecule has 1 aliphatic rings. The summed E-state index contributed by atoms with van der Waals surface area (Å²) in [5, 5.41) is 13.1. The van der Waals surface area contributed by atoms with Gasteiger partial charge in [-0.25, -0.2) is 4.79 Å². The SMILES string of the molecule is COc1c(-c2cc(C(=O)O)nn2C)ccc2c1OCCCO2. The van der Waals surface area contributed by atoms with Gasteiger partial charge in [0.1, 0.15) is 0 Å². The molecular weight excluding hydrogens is 288 g/mol. The van der Waals surface area contributed by atoms with E-state index >= 15 is 0 Å². The van der Waals surface area contributed by atoms with Gasteiger partial charge in [0.15, 0.2) is 17.2 Å². The van der Waals surface area contributed by atoms with Crippen molar-refractivity contribution in [1.82, 2.24) is 9.78 Å².